The first-order valence-electron chi connectivity index (χ1n) is 8.17. The Kier molecular flexibility index (Phi) is 4.43. The average Bonchev–Trinajstić information content (AvgIpc) is 3.29. The Bertz CT molecular complexity index is 1100. The third-order valence-corrected chi connectivity index (χ3v) is 4.68. The highest BCUT2D eigenvalue weighted by Gasteiger charge is 2.18. The molecule has 0 fully saturated rings. The predicted molar refractivity (Wildman–Crippen MR) is 102 cm³/mol. The van der Waals surface area contributed by atoms with Crippen LogP contribution in [-0.2, 0) is 0 Å². The number of aromatic nitrogens is 6. The second-order valence-corrected chi connectivity index (χ2v) is 6.96. The molecular formula is C18H15N7OS. The first-order chi connectivity index (χ1) is 13.1. The fourth-order valence-corrected chi connectivity index (χ4v) is 3.38. The lowest BCUT2D eigenvalue weighted by Crippen LogP contribution is -2.17. The van der Waals surface area contributed by atoms with E-state index in [1.54, 1.807) is 18.3 Å². The van der Waals surface area contributed by atoms with Gasteiger partial charge in [-0.1, -0.05) is 17.3 Å². The fraction of sp³-hybridized carbons (Fsp3) is 0.111. The standard InChI is InChI=1S/C18H15N7OS/c1-11-6-5-7-13(21-11)16-12(2)27-18(22-16)23-17(26)14-10-20-24-25(14)15-8-3-4-9-19-15/h3-10H,1-2H3,(H,22,23,26). The second kappa shape index (κ2) is 7.04. The molecule has 4 aromatic rings. The van der Waals surface area contributed by atoms with Gasteiger partial charge in [0, 0.05) is 16.8 Å². The minimum absolute atomic E-state index is 0.275. The lowest BCUT2D eigenvalue weighted by molar-refractivity contribution is 0.101. The largest absolute Gasteiger partial charge is 0.296 e. The van der Waals surface area contributed by atoms with Gasteiger partial charge < -0.3 is 0 Å². The van der Waals surface area contributed by atoms with Gasteiger partial charge in [-0.05, 0) is 38.1 Å². The smallest absolute Gasteiger partial charge is 0.277 e. The van der Waals surface area contributed by atoms with Crippen LogP contribution >= 0.6 is 11.3 Å². The Morgan fingerprint density at radius 1 is 1.11 bits per heavy atom. The SMILES string of the molecule is Cc1cccc(-c2nc(NC(=O)c3cnnn3-c3ccccn3)sc2C)n1. The summed E-state index contributed by atoms with van der Waals surface area (Å²) in [5.41, 5.74) is 2.73. The van der Waals surface area contributed by atoms with Crippen molar-refractivity contribution in [3.8, 4) is 17.2 Å². The van der Waals surface area contributed by atoms with Crippen molar-refractivity contribution >= 4 is 22.4 Å². The Hall–Kier alpha value is -3.46. The number of amides is 1. The zero-order valence-electron chi connectivity index (χ0n) is 14.6. The highest BCUT2D eigenvalue weighted by Crippen LogP contribution is 2.29. The van der Waals surface area contributed by atoms with Crippen molar-refractivity contribution < 1.29 is 4.79 Å². The van der Waals surface area contributed by atoms with Crippen molar-refractivity contribution in [2.75, 3.05) is 5.32 Å². The van der Waals surface area contributed by atoms with Crippen LogP contribution in [0, 0.1) is 13.8 Å². The predicted octanol–water partition coefficient (Wildman–Crippen LogP) is 3.05. The summed E-state index contributed by atoms with van der Waals surface area (Å²) >= 11 is 1.39. The van der Waals surface area contributed by atoms with E-state index in [9.17, 15) is 4.79 Å². The molecule has 9 heteroatoms. The molecule has 1 amide bonds. The minimum Gasteiger partial charge on any atom is -0.296 e. The van der Waals surface area contributed by atoms with E-state index in [1.165, 1.54) is 22.2 Å². The molecule has 0 aliphatic rings. The number of hydrogen-bond acceptors (Lipinski definition) is 7. The van der Waals surface area contributed by atoms with Crippen LogP contribution < -0.4 is 5.32 Å². The van der Waals surface area contributed by atoms with E-state index in [0.717, 1.165) is 22.0 Å². The summed E-state index contributed by atoms with van der Waals surface area (Å²) in [6.07, 6.45) is 3.03. The van der Waals surface area contributed by atoms with E-state index in [4.69, 9.17) is 0 Å². The second-order valence-electron chi connectivity index (χ2n) is 5.76. The number of pyridine rings is 2. The topological polar surface area (TPSA) is 98.5 Å². The first-order valence-corrected chi connectivity index (χ1v) is 8.98. The Morgan fingerprint density at radius 2 is 2.00 bits per heavy atom. The molecule has 0 bridgehead atoms. The molecule has 27 heavy (non-hydrogen) atoms. The molecule has 0 atom stereocenters. The van der Waals surface area contributed by atoms with Gasteiger partial charge in [0.05, 0.1) is 11.9 Å². The molecule has 0 aromatic carbocycles. The number of hydrogen-bond donors (Lipinski definition) is 1. The number of aryl methyl sites for hydroxylation is 2. The van der Waals surface area contributed by atoms with Crippen LogP contribution in [-0.4, -0.2) is 35.9 Å². The Labute approximate surface area is 159 Å². The lowest BCUT2D eigenvalue weighted by atomic mass is 10.2. The molecule has 4 rings (SSSR count). The van der Waals surface area contributed by atoms with E-state index in [1.807, 2.05) is 38.1 Å². The summed E-state index contributed by atoms with van der Waals surface area (Å²) < 4.78 is 1.39. The quantitative estimate of drug-likeness (QED) is 0.587. The third kappa shape index (κ3) is 3.44. The van der Waals surface area contributed by atoms with E-state index in [-0.39, 0.29) is 11.6 Å². The number of nitrogens with one attached hydrogen (secondary N) is 1. The zero-order valence-corrected chi connectivity index (χ0v) is 15.4. The number of anilines is 1. The van der Waals surface area contributed by atoms with E-state index < -0.39 is 0 Å². The van der Waals surface area contributed by atoms with Crippen LogP contribution in [0.4, 0.5) is 5.13 Å². The maximum Gasteiger partial charge on any atom is 0.277 e. The number of carbonyl (C=O) groups excluding carboxylic acids is 1. The average molecular weight is 377 g/mol. The van der Waals surface area contributed by atoms with Gasteiger partial charge in [-0.25, -0.2) is 9.97 Å². The summed E-state index contributed by atoms with van der Waals surface area (Å²) in [5, 5.41) is 11.1. The maximum absolute atomic E-state index is 12.7. The molecule has 8 nitrogen and oxygen atoms in total. The van der Waals surface area contributed by atoms with Gasteiger partial charge in [-0.3, -0.25) is 15.1 Å². The molecule has 0 saturated heterocycles. The fourth-order valence-electron chi connectivity index (χ4n) is 2.56. The number of nitrogens with zero attached hydrogens (tertiary/aromatic N) is 6. The van der Waals surface area contributed by atoms with E-state index in [0.29, 0.717) is 10.9 Å². The van der Waals surface area contributed by atoms with Crippen LogP contribution in [0.25, 0.3) is 17.2 Å². The minimum atomic E-state index is -0.358. The summed E-state index contributed by atoms with van der Waals surface area (Å²) in [7, 11) is 0. The van der Waals surface area contributed by atoms with E-state index >= 15 is 0 Å². The summed E-state index contributed by atoms with van der Waals surface area (Å²) in [5.74, 6) is 0.156. The zero-order chi connectivity index (χ0) is 18.8. The van der Waals surface area contributed by atoms with Crippen molar-refractivity contribution in [1.82, 2.24) is 29.9 Å². The van der Waals surface area contributed by atoms with Crippen LogP contribution in [0.2, 0.25) is 0 Å². The Balaban J connectivity index is 1.60. The van der Waals surface area contributed by atoms with Gasteiger partial charge in [-0.15, -0.1) is 16.4 Å². The van der Waals surface area contributed by atoms with Gasteiger partial charge >= 0.3 is 0 Å². The number of carbonyl (C=O) groups is 1. The van der Waals surface area contributed by atoms with Crippen molar-refractivity contribution in [2.45, 2.75) is 13.8 Å². The van der Waals surface area contributed by atoms with Crippen molar-refractivity contribution in [2.24, 2.45) is 0 Å². The molecule has 1 N–H and O–H groups in total. The summed E-state index contributed by atoms with van der Waals surface area (Å²) in [6.45, 7) is 3.88. The molecule has 0 spiro atoms. The molecule has 0 aliphatic heterocycles. The van der Waals surface area contributed by atoms with E-state index in [2.05, 4.69) is 30.6 Å². The highest BCUT2D eigenvalue weighted by atomic mass is 32.1. The molecule has 0 saturated carbocycles. The normalized spacial score (nSPS) is 10.7. The summed E-state index contributed by atoms with van der Waals surface area (Å²) in [6, 6.07) is 11.1. The van der Waals surface area contributed by atoms with Crippen molar-refractivity contribution in [1.29, 1.82) is 0 Å². The molecule has 0 unspecified atom stereocenters. The van der Waals surface area contributed by atoms with Crippen LogP contribution in [0.1, 0.15) is 21.1 Å². The first kappa shape index (κ1) is 17.0. The van der Waals surface area contributed by atoms with Crippen molar-refractivity contribution in [3.05, 3.63) is 65.1 Å². The molecule has 0 aliphatic carbocycles. The van der Waals surface area contributed by atoms with Gasteiger partial charge in [0.2, 0.25) is 0 Å². The molecule has 4 heterocycles. The summed E-state index contributed by atoms with van der Waals surface area (Å²) in [4.78, 5) is 26.9. The van der Waals surface area contributed by atoms with Gasteiger partial charge in [0.15, 0.2) is 16.6 Å². The molecule has 134 valence electrons. The maximum atomic E-state index is 12.7. The number of rotatable bonds is 4. The molecule has 0 radical (unpaired) electrons. The van der Waals surface area contributed by atoms with Gasteiger partial charge in [-0.2, -0.15) is 4.68 Å². The third-order valence-electron chi connectivity index (χ3n) is 3.80. The van der Waals surface area contributed by atoms with Gasteiger partial charge in [0.1, 0.15) is 5.69 Å². The lowest BCUT2D eigenvalue weighted by Gasteiger charge is -2.04. The molecule has 4 aromatic heterocycles. The van der Waals surface area contributed by atoms with Crippen LogP contribution in [0.3, 0.4) is 0 Å². The monoisotopic (exact) mass is 377 g/mol. The van der Waals surface area contributed by atoms with Gasteiger partial charge in [0.25, 0.3) is 5.91 Å². The van der Waals surface area contributed by atoms with Crippen molar-refractivity contribution in [3.63, 3.8) is 0 Å². The molecular weight excluding hydrogens is 362 g/mol. The van der Waals surface area contributed by atoms with Crippen LogP contribution in [0.15, 0.2) is 48.8 Å². The Morgan fingerprint density at radius 3 is 2.78 bits per heavy atom. The number of thiazole rings is 1. The van der Waals surface area contributed by atoms with Crippen LogP contribution in [0.5, 0.6) is 0 Å². The highest BCUT2D eigenvalue weighted by molar-refractivity contribution is 7.16.